The minimum atomic E-state index is 0.373. The molecular weight excluding hydrogens is 194 g/mol. The number of hydrogen-bond acceptors (Lipinski definition) is 1. The van der Waals surface area contributed by atoms with Crippen molar-refractivity contribution in [2.45, 2.75) is 65.3 Å². The van der Waals surface area contributed by atoms with E-state index < -0.39 is 0 Å². The van der Waals surface area contributed by atoms with Crippen LogP contribution in [-0.4, -0.2) is 23.5 Å². The lowest BCUT2D eigenvalue weighted by Crippen LogP contribution is -2.40. The molecule has 0 aromatic heterocycles. The highest BCUT2D eigenvalue weighted by Crippen LogP contribution is 2.39. The molecule has 1 saturated carbocycles. The maximum Gasteiger partial charge on any atom is 0.0125 e. The molecule has 0 amide bonds. The Labute approximate surface area is 102 Å². The molecule has 0 bridgehead atoms. The van der Waals surface area contributed by atoms with Crippen LogP contribution in [0.2, 0.25) is 0 Å². The minimum absolute atomic E-state index is 0.373. The van der Waals surface area contributed by atoms with Crippen molar-refractivity contribution in [1.82, 2.24) is 4.90 Å². The zero-order chi connectivity index (χ0) is 11.8. The third kappa shape index (κ3) is 2.61. The van der Waals surface area contributed by atoms with Gasteiger partial charge >= 0.3 is 0 Å². The van der Waals surface area contributed by atoms with Gasteiger partial charge in [-0.15, -0.1) is 0 Å². The van der Waals surface area contributed by atoms with Crippen molar-refractivity contribution in [2.24, 2.45) is 17.8 Å². The normalized spacial score (nSPS) is 34.5. The van der Waals surface area contributed by atoms with Crippen molar-refractivity contribution in [2.75, 3.05) is 13.1 Å². The first kappa shape index (κ1) is 12.4. The summed E-state index contributed by atoms with van der Waals surface area (Å²) < 4.78 is 0. The Morgan fingerprint density at radius 3 is 2.06 bits per heavy atom. The van der Waals surface area contributed by atoms with E-state index in [1.807, 2.05) is 0 Å². The Bertz CT molecular complexity index is 222. The Morgan fingerprint density at radius 1 is 0.938 bits per heavy atom. The van der Waals surface area contributed by atoms with Crippen LogP contribution in [0.25, 0.3) is 0 Å². The lowest BCUT2D eigenvalue weighted by molar-refractivity contribution is 0.153. The van der Waals surface area contributed by atoms with Gasteiger partial charge in [-0.1, -0.05) is 39.0 Å². The van der Waals surface area contributed by atoms with Gasteiger partial charge in [-0.05, 0) is 38.5 Å². The number of rotatable bonds is 1. The van der Waals surface area contributed by atoms with E-state index in [0.29, 0.717) is 5.54 Å². The first-order valence-electron chi connectivity index (χ1n) is 7.23. The lowest BCUT2D eigenvalue weighted by Gasteiger charge is -2.33. The second-order valence-corrected chi connectivity index (χ2v) is 7.12. The van der Waals surface area contributed by atoms with Crippen molar-refractivity contribution in [3.8, 4) is 0 Å². The number of nitrogens with zero attached hydrogens (tertiary/aromatic N) is 1. The summed E-state index contributed by atoms with van der Waals surface area (Å²) in [7, 11) is 0. The molecule has 1 nitrogen and oxygen atoms in total. The van der Waals surface area contributed by atoms with Crippen molar-refractivity contribution in [3.05, 3.63) is 0 Å². The molecule has 2 atom stereocenters. The van der Waals surface area contributed by atoms with Gasteiger partial charge in [0.1, 0.15) is 0 Å². The molecule has 2 rings (SSSR count). The molecule has 1 aliphatic carbocycles. The first-order valence-corrected chi connectivity index (χ1v) is 7.23. The van der Waals surface area contributed by atoms with Gasteiger partial charge in [0.15, 0.2) is 0 Å². The second-order valence-electron chi connectivity index (χ2n) is 7.12. The molecule has 1 heteroatoms. The summed E-state index contributed by atoms with van der Waals surface area (Å²) in [6, 6.07) is 0. The van der Waals surface area contributed by atoms with Crippen LogP contribution in [0.15, 0.2) is 0 Å². The van der Waals surface area contributed by atoms with Crippen LogP contribution in [-0.2, 0) is 0 Å². The molecule has 0 radical (unpaired) electrons. The molecule has 94 valence electrons. The fourth-order valence-corrected chi connectivity index (χ4v) is 3.72. The highest BCUT2D eigenvalue weighted by atomic mass is 15.2. The summed E-state index contributed by atoms with van der Waals surface area (Å²) in [6.45, 7) is 12.2. The van der Waals surface area contributed by atoms with Crippen LogP contribution in [0.4, 0.5) is 0 Å². The summed E-state index contributed by atoms with van der Waals surface area (Å²) in [5.41, 5.74) is 0.373. The van der Waals surface area contributed by atoms with E-state index >= 15 is 0 Å². The van der Waals surface area contributed by atoms with E-state index in [9.17, 15) is 0 Å². The van der Waals surface area contributed by atoms with Crippen molar-refractivity contribution in [1.29, 1.82) is 0 Å². The molecule has 0 aromatic rings. The predicted molar refractivity (Wildman–Crippen MR) is 70.6 cm³/mol. The van der Waals surface area contributed by atoms with Crippen LogP contribution in [0, 0.1) is 17.8 Å². The maximum atomic E-state index is 2.71. The lowest BCUT2D eigenvalue weighted by atomic mass is 9.76. The number of hydrogen-bond donors (Lipinski definition) is 0. The summed E-state index contributed by atoms with van der Waals surface area (Å²) in [5, 5.41) is 0. The van der Waals surface area contributed by atoms with E-state index in [4.69, 9.17) is 0 Å². The van der Waals surface area contributed by atoms with E-state index in [0.717, 1.165) is 17.8 Å². The van der Waals surface area contributed by atoms with Gasteiger partial charge in [0, 0.05) is 18.6 Å². The zero-order valence-electron chi connectivity index (χ0n) is 11.6. The molecule has 0 unspecified atom stereocenters. The van der Waals surface area contributed by atoms with Gasteiger partial charge < -0.3 is 0 Å². The summed E-state index contributed by atoms with van der Waals surface area (Å²) in [4.78, 5) is 2.71. The van der Waals surface area contributed by atoms with Gasteiger partial charge in [0.2, 0.25) is 0 Å². The summed E-state index contributed by atoms with van der Waals surface area (Å²) in [6.07, 6.45) is 7.48. The Kier molecular flexibility index (Phi) is 3.63. The van der Waals surface area contributed by atoms with Gasteiger partial charge in [-0.3, -0.25) is 4.90 Å². The smallest absolute Gasteiger partial charge is 0.0125 e. The largest absolute Gasteiger partial charge is 0.298 e. The molecule has 2 fully saturated rings. The zero-order valence-corrected chi connectivity index (χ0v) is 11.6. The first-order chi connectivity index (χ1) is 7.48. The van der Waals surface area contributed by atoms with Crippen molar-refractivity contribution in [3.63, 3.8) is 0 Å². The van der Waals surface area contributed by atoms with E-state index in [1.54, 1.807) is 0 Å². The quantitative estimate of drug-likeness (QED) is 0.651. The van der Waals surface area contributed by atoms with Crippen molar-refractivity contribution < 1.29 is 0 Å². The van der Waals surface area contributed by atoms with E-state index in [1.165, 1.54) is 45.2 Å². The van der Waals surface area contributed by atoms with Gasteiger partial charge in [0.05, 0.1) is 0 Å². The highest BCUT2D eigenvalue weighted by molar-refractivity contribution is 4.91. The number of likely N-dealkylation sites (tertiary alicyclic amines) is 1. The van der Waals surface area contributed by atoms with E-state index in [2.05, 4.69) is 32.6 Å². The molecule has 1 saturated heterocycles. The Hall–Kier alpha value is -0.0400. The van der Waals surface area contributed by atoms with Crippen molar-refractivity contribution >= 4 is 0 Å². The molecule has 0 N–H and O–H groups in total. The van der Waals surface area contributed by atoms with Crippen LogP contribution in [0.5, 0.6) is 0 Å². The van der Waals surface area contributed by atoms with Gasteiger partial charge in [-0.25, -0.2) is 0 Å². The molecule has 1 aliphatic heterocycles. The third-order valence-electron chi connectivity index (χ3n) is 4.87. The van der Waals surface area contributed by atoms with Crippen LogP contribution < -0.4 is 0 Å². The molecule has 2 aliphatic rings. The van der Waals surface area contributed by atoms with Gasteiger partial charge in [-0.2, -0.15) is 0 Å². The molecule has 1 heterocycles. The summed E-state index contributed by atoms with van der Waals surface area (Å²) in [5.74, 6) is 2.94. The standard InChI is InChI=1S/C15H29N/c1-12-10-16(15(2,3)4)11-14(12)13-8-6-5-7-9-13/h12-14H,5-11H2,1-4H3/t12-,14-/m0/s1. The Balaban J connectivity index is 1.96. The Morgan fingerprint density at radius 2 is 1.56 bits per heavy atom. The monoisotopic (exact) mass is 223 g/mol. The average Bonchev–Trinajstić information content (AvgIpc) is 2.61. The van der Waals surface area contributed by atoms with Crippen LogP contribution in [0.1, 0.15) is 59.8 Å². The molecular formula is C15H29N. The molecule has 0 spiro atoms. The topological polar surface area (TPSA) is 3.24 Å². The fourth-order valence-electron chi connectivity index (χ4n) is 3.72. The molecule has 16 heavy (non-hydrogen) atoms. The maximum absolute atomic E-state index is 2.71. The van der Waals surface area contributed by atoms with Crippen LogP contribution in [0.3, 0.4) is 0 Å². The minimum Gasteiger partial charge on any atom is -0.298 e. The summed E-state index contributed by atoms with van der Waals surface area (Å²) >= 11 is 0. The van der Waals surface area contributed by atoms with E-state index in [-0.39, 0.29) is 0 Å². The SMILES string of the molecule is C[C@H]1CN(C(C)(C)C)C[C@@H]1C1CCCCC1. The second kappa shape index (κ2) is 4.68. The third-order valence-corrected chi connectivity index (χ3v) is 4.87. The predicted octanol–water partition coefficient (Wildman–Crippen LogP) is 3.93. The molecule has 0 aromatic carbocycles. The van der Waals surface area contributed by atoms with Gasteiger partial charge in [0.25, 0.3) is 0 Å². The average molecular weight is 223 g/mol. The van der Waals surface area contributed by atoms with Crippen LogP contribution >= 0.6 is 0 Å². The fraction of sp³-hybridized carbons (Fsp3) is 1.00. The highest BCUT2D eigenvalue weighted by Gasteiger charge is 2.39.